The second kappa shape index (κ2) is 7.95. The number of benzene rings is 1. The fourth-order valence-corrected chi connectivity index (χ4v) is 2.57. The van der Waals surface area contributed by atoms with Crippen LogP contribution in [0.4, 0.5) is 5.69 Å². The highest BCUT2D eigenvalue weighted by atomic mass is 16.2. The lowest BCUT2D eigenvalue weighted by molar-refractivity contribution is -0.127. The van der Waals surface area contributed by atoms with Gasteiger partial charge in [-0.05, 0) is 41.2 Å². The zero-order valence-electron chi connectivity index (χ0n) is 15.0. The third-order valence-electron chi connectivity index (χ3n) is 4.08. The van der Waals surface area contributed by atoms with Crippen LogP contribution in [0.2, 0.25) is 0 Å². The maximum Gasteiger partial charge on any atom is 0.241 e. The van der Waals surface area contributed by atoms with Crippen LogP contribution in [-0.4, -0.2) is 35.9 Å². The van der Waals surface area contributed by atoms with Crippen molar-refractivity contribution in [3.05, 3.63) is 59.9 Å². The summed E-state index contributed by atoms with van der Waals surface area (Å²) in [5.41, 5.74) is 3.48. The molecule has 24 heavy (non-hydrogen) atoms. The van der Waals surface area contributed by atoms with Gasteiger partial charge in [0.15, 0.2) is 0 Å². The molecule has 0 saturated heterocycles. The van der Waals surface area contributed by atoms with Crippen molar-refractivity contribution in [2.24, 2.45) is 0 Å². The molecule has 128 valence electrons. The molecule has 0 radical (unpaired) electrons. The highest BCUT2D eigenvalue weighted by Crippen LogP contribution is 2.29. The first-order valence-electron chi connectivity index (χ1n) is 8.34. The summed E-state index contributed by atoms with van der Waals surface area (Å²) >= 11 is 0. The van der Waals surface area contributed by atoms with E-state index in [1.165, 1.54) is 11.1 Å². The minimum Gasteiger partial charge on any atom is -0.376 e. The summed E-state index contributed by atoms with van der Waals surface area (Å²) in [6, 6.07) is 12.1. The van der Waals surface area contributed by atoms with Crippen LogP contribution in [0.3, 0.4) is 0 Å². The Hall–Kier alpha value is -2.36. The normalized spacial score (nSPS) is 11.2. The zero-order valence-corrected chi connectivity index (χ0v) is 15.0. The number of nitrogens with one attached hydrogen (secondary N) is 1. The first-order chi connectivity index (χ1) is 11.4. The summed E-state index contributed by atoms with van der Waals surface area (Å²) in [6.07, 6.45) is 4.40. The number of rotatable bonds is 6. The van der Waals surface area contributed by atoms with Gasteiger partial charge in [0.2, 0.25) is 5.91 Å². The monoisotopic (exact) mass is 325 g/mol. The van der Waals surface area contributed by atoms with Crippen molar-refractivity contribution < 1.29 is 4.79 Å². The van der Waals surface area contributed by atoms with Crippen LogP contribution in [0.1, 0.15) is 31.9 Å². The molecule has 2 aromatic rings. The number of carbonyl (C=O) groups excluding carboxylic acids is 1. The third-order valence-corrected chi connectivity index (χ3v) is 4.08. The van der Waals surface area contributed by atoms with E-state index in [1.54, 1.807) is 17.3 Å². The molecule has 1 N–H and O–H groups in total. The SMILES string of the molecule is CN(CCc1ccncc1)C(=O)CNc1ccccc1C(C)(C)C. The lowest BCUT2D eigenvalue weighted by Crippen LogP contribution is -2.34. The highest BCUT2D eigenvalue weighted by Gasteiger charge is 2.18. The molecule has 0 fully saturated rings. The molecule has 0 unspecified atom stereocenters. The number of likely N-dealkylation sites (N-methyl/N-ethyl adjacent to an activating group) is 1. The Kier molecular flexibility index (Phi) is 5.96. The lowest BCUT2D eigenvalue weighted by atomic mass is 9.86. The predicted molar refractivity (Wildman–Crippen MR) is 99.2 cm³/mol. The van der Waals surface area contributed by atoms with E-state index in [-0.39, 0.29) is 11.3 Å². The third kappa shape index (κ3) is 5.08. The van der Waals surface area contributed by atoms with Crippen LogP contribution >= 0.6 is 0 Å². The predicted octanol–water partition coefficient (Wildman–Crippen LogP) is 3.49. The second-order valence-electron chi connectivity index (χ2n) is 7.07. The fourth-order valence-electron chi connectivity index (χ4n) is 2.57. The molecule has 1 heterocycles. The number of anilines is 1. The first kappa shape index (κ1) is 18.0. The maximum atomic E-state index is 12.3. The Balaban J connectivity index is 1.89. The molecule has 0 spiro atoms. The van der Waals surface area contributed by atoms with Crippen molar-refractivity contribution in [1.82, 2.24) is 9.88 Å². The Morgan fingerprint density at radius 3 is 2.46 bits per heavy atom. The van der Waals surface area contributed by atoms with Gasteiger partial charge in [-0.2, -0.15) is 0 Å². The molecule has 1 aromatic heterocycles. The van der Waals surface area contributed by atoms with Gasteiger partial charge in [0.25, 0.3) is 0 Å². The van der Waals surface area contributed by atoms with E-state index < -0.39 is 0 Å². The Labute approximate surface area is 144 Å². The number of aromatic nitrogens is 1. The van der Waals surface area contributed by atoms with Gasteiger partial charge in [-0.25, -0.2) is 0 Å². The minimum absolute atomic E-state index is 0.0416. The van der Waals surface area contributed by atoms with E-state index >= 15 is 0 Å². The topological polar surface area (TPSA) is 45.2 Å². The Morgan fingerprint density at radius 1 is 1.12 bits per heavy atom. The fraction of sp³-hybridized carbons (Fsp3) is 0.400. The molecule has 0 bridgehead atoms. The molecular weight excluding hydrogens is 298 g/mol. The molecule has 4 heteroatoms. The number of pyridine rings is 1. The van der Waals surface area contributed by atoms with Gasteiger partial charge in [0.05, 0.1) is 6.54 Å². The maximum absolute atomic E-state index is 12.3. The molecule has 1 amide bonds. The van der Waals surface area contributed by atoms with E-state index in [9.17, 15) is 4.79 Å². The molecule has 4 nitrogen and oxygen atoms in total. The van der Waals surface area contributed by atoms with E-state index in [1.807, 2.05) is 37.4 Å². The van der Waals surface area contributed by atoms with Gasteiger partial charge in [-0.1, -0.05) is 39.0 Å². The van der Waals surface area contributed by atoms with Crippen LogP contribution in [0.25, 0.3) is 0 Å². The van der Waals surface area contributed by atoms with Crippen LogP contribution < -0.4 is 5.32 Å². The lowest BCUT2D eigenvalue weighted by Gasteiger charge is -2.24. The van der Waals surface area contributed by atoms with Crippen molar-refractivity contribution in [1.29, 1.82) is 0 Å². The zero-order chi connectivity index (χ0) is 17.6. The summed E-state index contributed by atoms with van der Waals surface area (Å²) in [7, 11) is 1.85. The summed E-state index contributed by atoms with van der Waals surface area (Å²) in [5, 5.41) is 3.30. The molecule has 0 atom stereocenters. The molecule has 0 aliphatic carbocycles. The largest absolute Gasteiger partial charge is 0.376 e. The van der Waals surface area contributed by atoms with Crippen LogP contribution in [0.15, 0.2) is 48.8 Å². The van der Waals surface area contributed by atoms with Crippen LogP contribution in [0, 0.1) is 0 Å². The smallest absolute Gasteiger partial charge is 0.241 e. The van der Waals surface area contributed by atoms with Gasteiger partial charge in [-0.3, -0.25) is 9.78 Å². The highest BCUT2D eigenvalue weighted by molar-refractivity contribution is 5.81. The molecule has 0 saturated carbocycles. The van der Waals surface area contributed by atoms with Crippen molar-refractivity contribution >= 4 is 11.6 Å². The number of nitrogens with zero attached hydrogens (tertiary/aromatic N) is 2. The molecule has 0 aliphatic rings. The van der Waals surface area contributed by atoms with Crippen molar-refractivity contribution in [2.75, 3.05) is 25.5 Å². The van der Waals surface area contributed by atoms with Crippen molar-refractivity contribution in [3.8, 4) is 0 Å². The number of carbonyl (C=O) groups is 1. The van der Waals surface area contributed by atoms with E-state index in [0.29, 0.717) is 13.1 Å². The first-order valence-corrected chi connectivity index (χ1v) is 8.34. The number of hydrogen-bond acceptors (Lipinski definition) is 3. The summed E-state index contributed by atoms with van der Waals surface area (Å²) < 4.78 is 0. The van der Waals surface area contributed by atoms with E-state index in [2.05, 4.69) is 37.1 Å². The molecular formula is C20H27N3O. The summed E-state index contributed by atoms with van der Waals surface area (Å²) in [5.74, 6) is 0.0905. The number of para-hydroxylation sites is 1. The van der Waals surface area contributed by atoms with Gasteiger partial charge in [0, 0.05) is 31.7 Å². The quantitative estimate of drug-likeness (QED) is 0.884. The van der Waals surface area contributed by atoms with Gasteiger partial charge < -0.3 is 10.2 Å². The van der Waals surface area contributed by atoms with Crippen LogP contribution in [-0.2, 0) is 16.6 Å². The average Bonchev–Trinajstić information content (AvgIpc) is 2.58. The number of hydrogen-bond donors (Lipinski definition) is 1. The molecule has 1 aromatic carbocycles. The molecule has 0 aliphatic heterocycles. The summed E-state index contributed by atoms with van der Waals surface area (Å²) in [4.78, 5) is 18.1. The Bertz CT molecular complexity index is 662. The van der Waals surface area contributed by atoms with E-state index in [0.717, 1.165) is 12.1 Å². The van der Waals surface area contributed by atoms with E-state index in [4.69, 9.17) is 0 Å². The van der Waals surface area contributed by atoms with Gasteiger partial charge in [0.1, 0.15) is 0 Å². The second-order valence-corrected chi connectivity index (χ2v) is 7.07. The standard InChI is InChI=1S/C20H27N3O/c1-20(2,3)17-7-5-6-8-18(17)22-15-19(24)23(4)14-11-16-9-12-21-13-10-16/h5-10,12-13,22H,11,14-15H2,1-4H3. The van der Waals surface area contributed by atoms with Crippen molar-refractivity contribution in [3.63, 3.8) is 0 Å². The average molecular weight is 325 g/mol. The van der Waals surface area contributed by atoms with Crippen LogP contribution in [0.5, 0.6) is 0 Å². The minimum atomic E-state index is 0.0416. The van der Waals surface area contributed by atoms with Crippen molar-refractivity contribution in [2.45, 2.75) is 32.6 Å². The van der Waals surface area contributed by atoms with Gasteiger partial charge >= 0.3 is 0 Å². The Morgan fingerprint density at radius 2 is 1.79 bits per heavy atom. The number of amides is 1. The summed E-state index contributed by atoms with van der Waals surface area (Å²) in [6.45, 7) is 7.54. The van der Waals surface area contributed by atoms with Gasteiger partial charge in [-0.15, -0.1) is 0 Å². The molecule has 2 rings (SSSR count).